The van der Waals surface area contributed by atoms with Crippen LogP contribution < -0.4 is 10.5 Å². The molecular formula is C10H16N4O2S3. The van der Waals surface area contributed by atoms with Gasteiger partial charge in [-0.05, 0) is 24.9 Å². The van der Waals surface area contributed by atoms with Crippen LogP contribution >= 0.6 is 23.1 Å². The van der Waals surface area contributed by atoms with Crippen LogP contribution in [-0.2, 0) is 10.0 Å². The number of unbranched alkanes of at least 4 members (excludes halogenated alkanes) is 1. The average Bonchev–Trinajstić information content (AvgIpc) is 2.87. The highest BCUT2D eigenvalue weighted by Crippen LogP contribution is 2.22. The molecule has 0 aliphatic carbocycles. The Bertz CT molecular complexity index is 647. The van der Waals surface area contributed by atoms with Crippen LogP contribution in [0, 0.1) is 0 Å². The van der Waals surface area contributed by atoms with Gasteiger partial charge in [0.1, 0.15) is 0 Å². The third-order valence-corrected chi connectivity index (χ3v) is 5.52. The van der Waals surface area contributed by atoms with Crippen molar-refractivity contribution in [1.29, 1.82) is 0 Å². The summed E-state index contributed by atoms with van der Waals surface area (Å²) >= 11 is 3.10. The van der Waals surface area contributed by atoms with Crippen molar-refractivity contribution < 1.29 is 8.42 Å². The first-order valence-electron chi connectivity index (χ1n) is 5.76. The lowest BCUT2D eigenvalue weighted by atomic mass is 10.3. The number of thioether (sulfide) groups is 1. The van der Waals surface area contributed by atoms with E-state index in [-0.39, 0.29) is 10.8 Å². The van der Waals surface area contributed by atoms with Crippen LogP contribution in [0.3, 0.4) is 0 Å². The Hall–Kier alpha value is -0.770. The molecule has 0 atom stereocenters. The number of nitrogens with zero attached hydrogens (tertiary/aromatic N) is 2. The zero-order valence-corrected chi connectivity index (χ0v) is 12.9. The van der Waals surface area contributed by atoms with Gasteiger partial charge in [-0.2, -0.15) is 11.8 Å². The van der Waals surface area contributed by atoms with Crippen molar-refractivity contribution in [3.63, 3.8) is 0 Å². The fourth-order valence-electron chi connectivity index (χ4n) is 1.70. The first kappa shape index (κ1) is 14.6. The summed E-state index contributed by atoms with van der Waals surface area (Å²) in [6, 6.07) is 0. The number of fused-ring (bicyclic) bond motifs is 1. The maximum Gasteiger partial charge on any atom is 0.260 e. The molecule has 0 spiro atoms. The van der Waals surface area contributed by atoms with E-state index in [2.05, 4.69) is 9.71 Å². The lowest BCUT2D eigenvalue weighted by molar-refractivity contribution is 0.574. The molecule has 2 heterocycles. The summed E-state index contributed by atoms with van der Waals surface area (Å²) in [4.78, 5) is 4.62. The fraction of sp³-hybridized carbons (Fsp3) is 0.500. The Morgan fingerprint density at radius 1 is 1.53 bits per heavy atom. The summed E-state index contributed by atoms with van der Waals surface area (Å²) in [7, 11) is -3.61. The largest absolute Gasteiger partial charge is 0.381 e. The molecule has 2 aromatic rings. The van der Waals surface area contributed by atoms with Crippen molar-refractivity contribution in [3.8, 4) is 0 Å². The Labute approximate surface area is 120 Å². The van der Waals surface area contributed by atoms with Gasteiger partial charge in [0.15, 0.2) is 15.8 Å². The molecule has 9 heteroatoms. The van der Waals surface area contributed by atoms with Gasteiger partial charge < -0.3 is 5.73 Å². The van der Waals surface area contributed by atoms with Gasteiger partial charge in [-0.3, -0.25) is 4.40 Å². The summed E-state index contributed by atoms with van der Waals surface area (Å²) in [5.74, 6) is 1.08. The molecule has 19 heavy (non-hydrogen) atoms. The zero-order chi connectivity index (χ0) is 13.9. The smallest absolute Gasteiger partial charge is 0.260 e. The predicted octanol–water partition coefficient (Wildman–Crippen LogP) is 1.40. The molecule has 2 aromatic heterocycles. The van der Waals surface area contributed by atoms with Crippen LogP contribution in [0.2, 0.25) is 0 Å². The van der Waals surface area contributed by atoms with Gasteiger partial charge in [0, 0.05) is 18.1 Å². The molecule has 3 N–H and O–H groups in total. The van der Waals surface area contributed by atoms with E-state index in [1.165, 1.54) is 15.7 Å². The number of hydrogen-bond acceptors (Lipinski definition) is 6. The average molecular weight is 320 g/mol. The summed E-state index contributed by atoms with van der Waals surface area (Å²) in [6.45, 7) is 0.416. The highest BCUT2D eigenvalue weighted by Gasteiger charge is 2.23. The molecule has 0 bridgehead atoms. The molecule has 0 aliphatic heterocycles. The molecular weight excluding hydrogens is 304 g/mol. The fourth-order valence-corrected chi connectivity index (χ4v) is 4.24. The summed E-state index contributed by atoms with van der Waals surface area (Å²) in [6.07, 6.45) is 5.49. The monoisotopic (exact) mass is 320 g/mol. The number of aromatic nitrogens is 2. The second-order valence-electron chi connectivity index (χ2n) is 3.96. The van der Waals surface area contributed by atoms with E-state index >= 15 is 0 Å². The van der Waals surface area contributed by atoms with Gasteiger partial charge in [0.2, 0.25) is 0 Å². The minimum atomic E-state index is -3.61. The van der Waals surface area contributed by atoms with Crippen molar-refractivity contribution in [1.82, 2.24) is 14.1 Å². The van der Waals surface area contributed by atoms with Gasteiger partial charge in [-0.25, -0.2) is 18.1 Å². The third kappa shape index (κ3) is 3.22. The molecule has 106 valence electrons. The first-order chi connectivity index (χ1) is 9.06. The van der Waals surface area contributed by atoms with Crippen molar-refractivity contribution >= 4 is 43.9 Å². The Balaban J connectivity index is 2.11. The van der Waals surface area contributed by atoms with Crippen LogP contribution in [0.1, 0.15) is 12.8 Å². The summed E-state index contributed by atoms with van der Waals surface area (Å²) < 4.78 is 28.5. The van der Waals surface area contributed by atoms with E-state index in [0.29, 0.717) is 11.5 Å². The highest BCUT2D eigenvalue weighted by atomic mass is 32.2. The number of nitrogen functional groups attached to an aromatic ring is 1. The van der Waals surface area contributed by atoms with Crippen molar-refractivity contribution in [2.75, 3.05) is 24.3 Å². The maximum absolute atomic E-state index is 12.2. The van der Waals surface area contributed by atoms with E-state index in [1.54, 1.807) is 23.3 Å². The standard InChI is InChI=1S/C10H16N4O2S3/c1-17-6-3-2-4-12-19(15,16)9-8(11)13-10-14(9)5-7-18-10/h5,7,12H,2-4,6,11H2,1H3. The van der Waals surface area contributed by atoms with Crippen molar-refractivity contribution in [2.24, 2.45) is 0 Å². The number of hydrogen-bond donors (Lipinski definition) is 2. The molecule has 0 aromatic carbocycles. The zero-order valence-electron chi connectivity index (χ0n) is 10.5. The predicted molar refractivity (Wildman–Crippen MR) is 80.3 cm³/mol. The van der Waals surface area contributed by atoms with E-state index in [4.69, 9.17) is 5.73 Å². The molecule has 2 rings (SSSR count). The SMILES string of the molecule is CSCCCCNS(=O)(=O)c1c(N)nc2sccn12. The van der Waals surface area contributed by atoms with Gasteiger partial charge >= 0.3 is 0 Å². The molecule has 0 unspecified atom stereocenters. The minimum absolute atomic E-state index is 0.0358. The molecule has 0 amide bonds. The maximum atomic E-state index is 12.2. The van der Waals surface area contributed by atoms with Crippen LogP contribution in [0.4, 0.5) is 5.82 Å². The summed E-state index contributed by atoms with van der Waals surface area (Å²) in [5, 5.41) is 1.81. The second-order valence-corrected chi connectivity index (χ2v) is 7.50. The van der Waals surface area contributed by atoms with Gasteiger partial charge in [0.05, 0.1) is 0 Å². The van der Waals surface area contributed by atoms with Crippen LogP contribution in [0.5, 0.6) is 0 Å². The Kier molecular flexibility index (Phi) is 4.71. The van der Waals surface area contributed by atoms with Gasteiger partial charge in [0.25, 0.3) is 10.0 Å². The number of anilines is 1. The number of nitrogens with two attached hydrogens (primary N) is 1. The van der Waals surface area contributed by atoms with E-state index < -0.39 is 10.0 Å². The number of thiazole rings is 1. The third-order valence-electron chi connectivity index (χ3n) is 2.57. The van der Waals surface area contributed by atoms with Crippen LogP contribution in [0.15, 0.2) is 16.6 Å². The Morgan fingerprint density at radius 2 is 2.32 bits per heavy atom. The van der Waals surface area contributed by atoms with Gasteiger partial charge in [-0.1, -0.05) is 0 Å². The molecule has 6 nitrogen and oxygen atoms in total. The normalized spacial score (nSPS) is 12.3. The lowest BCUT2D eigenvalue weighted by Gasteiger charge is -2.06. The van der Waals surface area contributed by atoms with Crippen molar-refractivity contribution in [2.45, 2.75) is 17.9 Å². The molecule has 0 fully saturated rings. The van der Waals surface area contributed by atoms with E-state index in [9.17, 15) is 8.42 Å². The molecule has 0 aliphatic rings. The second kappa shape index (κ2) is 6.12. The first-order valence-corrected chi connectivity index (χ1v) is 9.51. The highest BCUT2D eigenvalue weighted by molar-refractivity contribution is 7.98. The number of sulfonamides is 1. The topological polar surface area (TPSA) is 89.5 Å². The quantitative estimate of drug-likeness (QED) is 0.753. The molecule has 0 saturated heterocycles. The van der Waals surface area contributed by atoms with Crippen LogP contribution in [-0.4, -0.2) is 36.4 Å². The summed E-state index contributed by atoms with van der Waals surface area (Å²) in [5.41, 5.74) is 5.69. The van der Waals surface area contributed by atoms with Crippen LogP contribution in [0.25, 0.3) is 4.96 Å². The lowest BCUT2D eigenvalue weighted by Crippen LogP contribution is -2.26. The van der Waals surface area contributed by atoms with E-state index in [0.717, 1.165) is 18.6 Å². The molecule has 0 saturated carbocycles. The number of nitrogens with one attached hydrogen (secondary N) is 1. The number of imidazole rings is 1. The minimum Gasteiger partial charge on any atom is -0.381 e. The Morgan fingerprint density at radius 3 is 3.05 bits per heavy atom. The molecule has 0 radical (unpaired) electrons. The van der Waals surface area contributed by atoms with Gasteiger partial charge in [-0.15, -0.1) is 11.3 Å². The van der Waals surface area contributed by atoms with Crippen molar-refractivity contribution in [3.05, 3.63) is 11.6 Å². The number of rotatable bonds is 7. The van der Waals surface area contributed by atoms with E-state index in [1.807, 2.05) is 6.26 Å².